The Hall–Kier alpha value is -7.68. The molecule has 8 aromatic carbocycles. The summed E-state index contributed by atoms with van der Waals surface area (Å²) in [5, 5.41) is 13.7. The lowest BCUT2D eigenvalue weighted by Gasteiger charge is -2.13. The van der Waals surface area contributed by atoms with Crippen molar-refractivity contribution in [2.24, 2.45) is 0 Å². The van der Waals surface area contributed by atoms with Gasteiger partial charge in [0.2, 0.25) is 0 Å². The van der Waals surface area contributed by atoms with E-state index in [0.717, 1.165) is 71.7 Å². The van der Waals surface area contributed by atoms with Gasteiger partial charge in [0.25, 0.3) is 0 Å². The van der Waals surface area contributed by atoms with E-state index in [0.29, 0.717) is 23.0 Å². The van der Waals surface area contributed by atoms with Crippen molar-refractivity contribution in [3.8, 4) is 73.6 Å². The van der Waals surface area contributed by atoms with Gasteiger partial charge in [-0.2, -0.15) is 5.26 Å². The predicted octanol–water partition coefficient (Wildman–Crippen LogP) is 12.8. The van der Waals surface area contributed by atoms with Crippen molar-refractivity contribution in [1.29, 1.82) is 5.26 Å². The highest BCUT2D eigenvalue weighted by Gasteiger charge is 2.19. The standard InChI is InChI=1S/C50H30N4O/c51-31-32-12-9-18-36(28-32)39-26-27-43(42-21-8-7-20-41(39)42)50-53-48(34-15-5-2-6-16-34)52-49(54-50)38-24-25-44-46(30-38)55-45-23-11-22-40(47(44)45)37-19-10-17-35(29-37)33-13-3-1-4-14-33/h1-30H. The summed E-state index contributed by atoms with van der Waals surface area (Å²) in [4.78, 5) is 15.2. The molecule has 10 rings (SSSR count). The van der Waals surface area contributed by atoms with Crippen LogP contribution in [0.2, 0.25) is 0 Å². The van der Waals surface area contributed by atoms with Crippen molar-refractivity contribution >= 4 is 32.7 Å². The molecule has 0 amide bonds. The fourth-order valence-electron chi connectivity index (χ4n) is 7.55. The zero-order valence-electron chi connectivity index (χ0n) is 29.5. The van der Waals surface area contributed by atoms with Crippen molar-refractivity contribution < 1.29 is 4.42 Å². The van der Waals surface area contributed by atoms with E-state index in [4.69, 9.17) is 19.4 Å². The molecule has 0 bridgehead atoms. The number of hydrogen-bond donors (Lipinski definition) is 0. The molecule has 0 aliphatic heterocycles. The Morgan fingerprint density at radius 1 is 0.364 bits per heavy atom. The number of benzene rings is 8. The first kappa shape index (κ1) is 32.0. The molecule has 10 aromatic rings. The van der Waals surface area contributed by atoms with E-state index in [-0.39, 0.29) is 0 Å². The third-order valence-corrected chi connectivity index (χ3v) is 10.2. The number of nitrogens with zero attached hydrogens (tertiary/aromatic N) is 4. The van der Waals surface area contributed by atoms with E-state index in [1.807, 2.05) is 84.9 Å². The molecule has 5 heteroatoms. The largest absolute Gasteiger partial charge is 0.456 e. The average molecular weight is 703 g/mol. The summed E-state index contributed by atoms with van der Waals surface area (Å²) < 4.78 is 6.56. The highest BCUT2D eigenvalue weighted by molar-refractivity contribution is 6.13. The Balaban J connectivity index is 1.12. The topological polar surface area (TPSA) is 75.6 Å². The summed E-state index contributed by atoms with van der Waals surface area (Å²) in [5.41, 5.74) is 11.4. The number of hydrogen-bond acceptors (Lipinski definition) is 5. The Bertz CT molecular complexity index is 3110. The lowest BCUT2D eigenvalue weighted by molar-refractivity contribution is 0.669. The molecule has 0 atom stereocenters. The predicted molar refractivity (Wildman–Crippen MR) is 222 cm³/mol. The van der Waals surface area contributed by atoms with Crippen molar-refractivity contribution in [2.45, 2.75) is 0 Å². The summed E-state index contributed by atoms with van der Waals surface area (Å²) in [6, 6.07) is 64.0. The maximum atomic E-state index is 9.58. The van der Waals surface area contributed by atoms with Crippen LogP contribution in [0.3, 0.4) is 0 Å². The molecule has 0 saturated heterocycles. The van der Waals surface area contributed by atoms with Gasteiger partial charge in [-0.15, -0.1) is 0 Å². The molecule has 5 nitrogen and oxygen atoms in total. The minimum Gasteiger partial charge on any atom is -0.456 e. The lowest BCUT2D eigenvalue weighted by Crippen LogP contribution is -2.00. The summed E-state index contributed by atoms with van der Waals surface area (Å²) >= 11 is 0. The highest BCUT2D eigenvalue weighted by Crippen LogP contribution is 2.40. The fraction of sp³-hybridized carbons (Fsp3) is 0. The molecular weight excluding hydrogens is 673 g/mol. The second-order valence-electron chi connectivity index (χ2n) is 13.5. The van der Waals surface area contributed by atoms with Gasteiger partial charge in [0.15, 0.2) is 17.5 Å². The Morgan fingerprint density at radius 2 is 0.964 bits per heavy atom. The molecule has 0 radical (unpaired) electrons. The summed E-state index contributed by atoms with van der Waals surface area (Å²) in [6.45, 7) is 0. The maximum absolute atomic E-state index is 9.58. The first-order valence-corrected chi connectivity index (χ1v) is 18.2. The maximum Gasteiger partial charge on any atom is 0.164 e. The van der Waals surface area contributed by atoms with Crippen LogP contribution in [0, 0.1) is 11.3 Å². The SMILES string of the molecule is N#Cc1cccc(-c2ccc(-c3nc(-c4ccccc4)nc(-c4ccc5c(c4)oc4cccc(-c6cccc(-c7ccccc7)c6)c45)n3)c3ccccc23)c1. The lowest BCUT2D eigenvalue weighted by atomic mass is 9.94. The van der Waals surface area contributed by atoms with E-state index in [9.17, 15) is 5.26 Å². The van der Waals surface area contributed by atoms with Crippen LogP contribution in [0.5, 0.6) is 0 Å². The zero-order chi connectivity index (χ0) is 36.7. The Kier molecular flexibility index (Phi) is 7.79. The van der Waals surface area contributed by atoms with E-state index >= 15 is 0 Å². The third kappa shape index (κ3) is 5.79. The number of fused-ring (bicyclic) bond motifs is 4. The second-order valence-corrected chi connectivity index (χ2v) is 13.5. The third-order valence-electron chi connectivity index (χ3n) is 10.2. The van der Waals surface area contributed by atoms with Crippen LogP contribution in [0.1, 0.15) is 5.56 Å². The van der Waals surface area contributed by atoms with Crippen molar-refractivity contribution in [3.05, 3.63) is 188 Å². The van der Waals surface area contributed by atoms with E-state index in [1.54, 1.807) is 0 Å². The monoisotopic (exact) mass is 702 g/mol. The van der Waals surface area contributed by atoms with Gasteiger partial charge in [0.1, 0.15) is 11.2 Å². The molecule has 2 aromatic heterocycles. The summed E-state index contributed by atoms with van der Waals surface area (Å²) in [7, 11) is 0. The van der Waals surface area contributed by atoms with Gasteiger partial charge in [-0.05, 0) is 86.6 Å². The molecule has 256 valence electrons. The molecular formula is C50H30N4O. The molecule has 0 aliphatic carbocycles. The Labute approximate surface area is 317 Å². The molecule has 0 spiro atoms. The fourth-order valence-corrected chi connectivity index (χ4v) is 7.55. The molecule has 0 fully saturated rings. The van der Waals surface area contributed by atoms with E-state index in [1.165, 1.54) is 11.1 Å². The van der Waals surface area contributed by atoms with Crippen LogP contribution in [0.25, 0.3) is 100 Å². The van der Waals surface area contributed by atoms with Gasteiger partial charge >= 0.3 is 0 Å². The van der Waals surface area contributed by atoms with Crippen LogP contribution in [-0.4, -0.2) is 15.0 Å². The van der Waals surface area contributed by atoms with Gasteiger partial charge in [0.05, 0.1) is 11.6 Å². The molecule has 0 aliphatic rings. The smallest absolute Gasteiger partial charge is 0.164 e. The molecule has 0 saturated carbocycles. The molecule has 0 unspecified atom stereocenters. The number of aromatic nitrogens is 3. The van der Waals surface area contributed by atoms with Crippen LogP contribution in [0.4, 0.5) is 0 Å². The van der Waals surface area contributed by atoms with Crippen molar-refractivity contribution in [2.75, 3.05) is 0 Å². The van der Waals surface area contributed by atoms with E-state index in [2.05, 4.69) is 103 Å². The quantitative estimate of drug-likeness (QED) is 0.172. The second kappa shape index (κ2) is 13.4. The van der Waals surface area contributed by atoms with Crippen LogP contribution in [-0.2, 0) is 0 Å². The number of rotatable bonds is 6. The molecule has 2 heterocycles. The zero-order valence-corrected chi connectivity index (χ0v) is 29.5. The first-order chi connectivity index (χ1) is 27.2. The minimum absolute atomic E-state index is 0.553. The van der Waals surface area contributed by atoms with Crippen LogP contribution < -0.4 is 0 Å². The first-order valence-electron chi connectivity index (χ1n) is 18.2. The minimum atomic E-state index is 0.553. The van der Waals surface area contributed by atoms with Gasteiger partial charge < -0.3 is 4.42 Å². The summed E-state index contributed by atoms with van der Waals surface area (Å²) in [6.07, 6.45) is 0. The van der Waals surface area contributed by atoms with Crippen LogP contribution in [0.15, 0.2) is 186 Å². The van der Waals surface area contributed by atoms with Crippen molar-refractivity contribution in [1.82, 2.24) is 15.0 Å². The summed E-state index contributed by atoms with van der Waals surface area (Å²) in [5.74, 6) is 1.71. The Morgan fingerprint density at radius 3 is 1.75 bits per heavy atom. The van der Waals surface area contributed by atoms with Gasteiger partial charge in [0, 0.05) is 27.5 Å². The molecule has 55 heavy (non-hydrogen) atoms. The number of nitriles is 1. The van der Waals surface area contributed by atoms with Crippen molar-refractivity contribution in [3.63, 3.8) is 0 Å². The normalized spacial score (nSPS) is 11.3. The average Bonchev–Trinajstić information content (AvgIpc) is 3.65. The van der Waals surface area contributed by atoms with Gasteiger partial charge in [-0.25, -0.2) is 15.0 Å². The van der Waals surface area contributed by atoms with Gasteiger partial charge in [-0.1, -0.05) is 140 Å². The molecule has 0 N–H and O–H groups in total. The highest BCUT2D eigenvalue weighted by atomic mass is 16.3. The number of furan rings is 1. The van der Waals surface area contributed by atoms with E-state index < -0.39 is 0 Å². The van der Waals surface area contributed by atoms with Crippen LogP contribution >= 0.6 is 0 Å². The van der Waals surface area contributed by atoms with Gasteiger partial charge in [-0.3, -0.25) is 0 Å².